The molecule has 0 aliphatic carbocycles. The van der Waals surface area contributed by atoms with Gasteiger partial charge in [0.25, 0.3) is 0 Å². The van der Waals surface area contributed by atoms with Crippen LogP contribution in [0.3, 0.4) is 0 Å². The number of esters is 4. The molecule has 1 aliphatic rings. The lowest BCUT2D eigenvalue weighted by Crippen LogP contribution is -2.47. The van der Waals surface area contributed by atoms with Crippen LogP contribution < -0.4 is 0 Å². The van der Waals surface area contributed by atoms with Gasteiger partial charge in [0.1, 0.15) is 18.0 Å². The third kappa shape index (κ3) is 11.9. The Morgan fingerprint density at radius 2 is 1.57 bits per heavy atom. The topological polar surface area (TPSA) is 124 Å². The number of ether oxygens (including phenoxy) is 6. The minimum Gasteiger partial charge on any atom is -0.462 e. The molecule has 1 rings (SSSR count). The van der Waals surface area contributed by atoms with Crippen molar-refractivity contribution in [1.82, 2.24) is 0 Å². The van der Waals surface area contributed by atoms with Gasteiger partial charge in [-0.15, -0.1) is 0 Å². The average Bonchev–Trinajstić information content (AvgIpc) is 2.72. The summed E-state index contributed by atoms with van der Waals surface area (Å²) >= 11 is 0. The molecule has 1 fully saturated rings. The Balaban J connectivity index is 2.67. The molecule has 0 aromatic heterocycles. The van der Waals surface area contributed by atoms with E-state index in [0.717, 1.165) is 0 Å². The quantitative estimate of drug-likeness (QED) is 0.158. The monoisotopic (exact) mass is 526 g/mol. The highest BCUT2D eigenvalue weighted by Gasteiger charge is 2.40. The number of hydrogen-bond acceptors (Lipinski definition) is 10. The fraction of sp³-hybridized carbons (Fsp3) is 0.704. The zero-order valence-corrected chi connectivity index (χ0v) is 23.4. The number of rotatable bonds is 12. The largest absolute Gasteiger partial charge is 0.462 e. The molecular weight excluding hydrogens is 484 g/mol. The van der Waals surface area contributed by atoms with Crippen LogP contribution >= 0.6 is 0 Å². The van der Waals surface area contributed by atoms with Crippen LogP contribution in [0.1, 0.15) is 81.1 Å². The molecule has 0 bridgehead atoms. The van der Waals surface area contributed by atoms with E-state index in [-0.39, 0.29) is 36.8 Å². The number of carbonyl (C=O) groups excluding carboxylic acids is 4. The van der Waals surface area contributed by atoms with Gasteiger partial charge in [-0.1, -0.05) is 20.1 Å². The van der Waals surface area contributed by atoms with E-state index in [2.05, 4.69) is 13.2 Å². The first-order valence-corrected chi connectivity index (χ1v) is 12.3. The van der Waals surface area contributed by atoms with Gasteiger partial charge < -0.3 is 28.4 Å². The molecule has 37 heavy (non-hydrogen) atoms. The number of allylic oxidation sites excluding steroid dienone is 1. The lowest BCUT2D eigenvalue weighted by atomic mass is 9.83. The molecule has 3 unspecified atom stereocenters. The van der Waals surface area contributed by atoms with E-state index in [9.17, 15) is 19.2 Å². The van der Waals surface area contributed by atoms with Crippen LogP contribution in [0.15, 0.2) is 24.5 Å². The van der Waals surface area contributed by atoms with E-state index >= 15 is 0 Å². The van der Waals surface area contributed by atoms with E-state index in [1.165, 1.54) is 6.92 Å². The lowest BCUT2D eigenvalue weighted by molar-refractivity contribution is -0.305. The van der Waals surface area contributed by atoms with Crippen molar-refractivity contribution in [3.8, 4) is 0 Å². The molecular formula is C27H42O10. The molecule has 10 heteroatoms. The second kappa shape index (κ2) is 13.2. The van der Waals surface area contributed by atoms with Gasteiger partial charge in [-0.25, -0.2) is 9.59 Å². The fourth-order valence-corrected chi connectivity index (χ4v) is 3.61. The Morgan fingerprint density at radius 1 is 0.973 bits per heavy atom. The highest BCUT2D eigenvalue weighted by atomic mass is 16.7. The standard InChI is InChI=1S/C27H42O10/c1-11-27(10,14-18(4)34-22(29)16-32-23(30)17(2)3)24(31)33-15-20-12-19(35-26(8,9)36-20)13-21(28)37-25(5,6)7/h19-20H,2,4,11-16H2,1,3,5-10H3. The van der Waals surface area contributed by atoms with Crippen LogP contribution in [-0.4, -0.2) is 60.7 Å². The van der Waals surface area contributed by atoms with E-state index in [1.807, 2.05) is 0 Å². The van der Waals surface area contributed by atoms with Crippen molar-refractivity contribution in [2.24, 2.45) is 5.41 Å². The molecule has 1 aliphatic heterocycles. The summed E-state index contributed by atoms with van der Waals surface area (Å²) in [5.74, 6) is -3.37. The first-order valence-electron chi connectivity index (χ1n) is 12.3. The van der Waals surface area contributed by atoms with Crippen molar-refractivity contribution in [2.75, 3.05) is 13.2 Å². The highest BCUT2D eigenvalue weighted by molar-refractivity contribution is 5.88. The first-order chi connectivity index (χ1) is 16.9. The third-order valence-electron chi connectivity index (χ3n) is 5.43. The Hall–Kier alpha value is -2.72. The molecule has 0 amide bonds. The maximum atomic E-state index is 13.0. The number of hydrogen-bond donors (Lipinski definition) is 0. The molecule has 0 saturated carbocycles. The minimum atomic E-state index is -1.03. The van der Waals surface area contributed by atoms with Crippen molar-refractivity contribution in [3.63, 3.8) is 0 Å². The van der Waals surface area contributed by atoms with Crippen LogP contribution in [0.5, 0.6) is 0 Å². The zero-order chi connectivity index (χ0) is 28.6. The molecule has 3 atom stereocenters. The van der Waals surface area contributed by atoms with Crippen LogP contribution in [-0.2, 0) is 47.6 Å². The van der Waals surface area contributed by atoms with Crippen LogP contribution in [0, 0.1) is 5.41 Å². The van der Waals surface area contributed by atoms with E-state index in [0.29, 0.717) is 12.8 Å². The third-order valence-corrected chi connectivity index (χ3v) is 5.43. The van der Waals surface area contributed by atoms with Crippen molar-refractivity contribution < 1.29 is 47.6 Å². The van der Waals surface area contributed by atoms with Crippen LogP contribution in [0.4, 0.5) is 0 Å². The van der Waals surface area contributed by atoms with Crippen molar-refractivity contribution in [3.05, 3.63) is 24.5 Å². The Labute approximate surface area is 219 Å². The van der Waals surface area contributed by atoms with Crippen molar-refractivity contribution in [2.45, 2.75) is 105 Å². The van der Waals surface area contributed by atoms with Crippen molar-refractivity contribution >= 4 is 23.9 Å². The molecule has 0 aromatic rings. The smallest absolute Gasteiger partial charge is 0.349 e. The molecule has 10 nitrogen and oxygen atoms in total. The molecule has 0 radical (unpaired) electrons. The first kappa shape index (κ1) is 32.3. The SMILES string of the molecule is C=C(CC(C)(CC)C(=O)OCC1CC(CC(=O)OC(C)(C)C)OC(C)(C)O1)OC(=O)COC(=O)C(=C)C. The molecule has 0 N–H and O–H groups in total. The predicted octanol–water partition coefficient (Wildman–Crippen LogP) is 4.15. The molecule has 1 saturated heterocycles. The van der Waals surface area contributed by atoms with Gasteiger partial charge in [-0.3, -0.25) is 9.59 Å². The molecule has 0 spiro atoms. The lowest BCUT2D eigenvalue weighted by Gasteiger charge is -2.40. The molecule has 1 heterocycles. The fourth-order valence-electron chi connectivity index (χ4n) is 3.61. The summed E-state index contributed by atoms with van der Waals surface area (Å²) in [7, 11) is 0. The second-order valence-electron chi connectivity index (χ2n) is 11.0. The Morgan fingerprint density at radius 3 is 2.11 bits per heavy atom. The summed E-state index contributed by atoms with van der Waals surface area (Å²) in [4.78, 5) is 48.6. The summed E-state index contributed by atoms with van der Waals surface area (Å²) in [5, 5.41) is 0. The van der Waals surface area contributed by atoms with Gasteiger partial charge in [-0.2, -0.15) is 0 Å². The maximum absolute atomic E-state index is 13.0. The van der Waals surface area contributed by atoms with Crippen LogP contribution in [0.25, 0.3) is 0 Å². The second-order valence-corrected chi connectivity index (χ2v) is 11.0. The summed E-state index contributed by atoms with van der Waals surface area (Å²) in [5.41, 5.74) is -1.48. The van der Waals surface area contributed by atoms with Crippen molar-refractivity contribution in [1.29, 1.82) is 0 Å². The van der Waals surface area contributed by atoms with Gasteiger partial charge in [0.05, 0.1) is 24.0 Å². The van der Waals surface area contributed by atoms with E-state index in [1.54, 1.807) is 48.5 Å². The Bertz CT molecular complexity index is 882. The van der Waals surface area contributed by atoms with Gasteiger partial charge in [0, 0.05) is 18.4 Å². The van der Waals surface area contributed by atoms with Gasteiger partial charge in [0.15, 0.2) is 12.4 Å². The summed E-state index contributed by atoms with van der Waals surface area (Å²) < 4.78 is 32.6. The molecule has 210 valence electrons. The number of carbonyl (C=O) groups is 4. The van der Waals surface area contributed by atoms with Gasteiger partial charge in [0.2, 0.25) is 0 Å². The van der Waals surface area contributed by atoms with Crippen LogP contribution in [0.2, 0.25) is 0 Å². The predicted molar refractivity (Wildman–Crippen MR) is 134 cm³/mol. The van der Waals surface area contributed by atoms with Gasteiger partial charge in [-0.05, 0) is 54.9 Å². The summed E-state index contributed by atoms with van der Waals surface area (Å²) in [6, 6.07) is 0. The summed E-state index contributed by atoms with van der Waals surface area (Å²) in [6.45, 7) is 20.3. The highest BCUT2D eigenvalue weighted by Crippen LogP contribution is 2.33. The maximum Gasteiger partial charge on any atom is 0.349 e. The van der Waals surface area contributed by atoms with Gasteiger partial charge >= 0.3 is 23.9 Å². The Kier molecular flexibility index (Phi) is 11.5. The van der Waals surface area contributed by atoms with E-state index < -0.39 is 53.5 Å². The minimum absolute atomic E-state index is 0.0178. The molecule has 0 aromatic carbocycles. The summed E-state index contributed by atoms with van der Waals surface area (Å²) in [6.07, 6.45) is -0.165. The van der Waals surface area contributed by atoms with E-state index in [4.69, 9.17) is 28.4 Å². The average molecular weight is 527 g/mol. The normalized spacial score (nSPS) is 20.6. The zero-order valence-electron chi connectivity index (χ0n) is 23.4.